The van der Waals surface area contributed by atoms with Gasteiger partial charge in [0.1, 0.15) is 6.54 Å². The number of nitrogens with zero attached hydrogens (tertiary/aromatic N) is 1. The molecule has 1 amide bonds. The Morgan fingerprint density at radius 2 is 1.90 bits per heavy atom. The summed E-state index contributed by atoms with van der Waals surface area (Å²) in [6.07, 6.45) is 4.50. The number of aliphatic carboxylic acids is 1. The van der Waals surface area contributed by atoms with Crippen LogP contribution in [-0.2, 0) is 4.79 Å². The molecule has 1 aliphatic carbocycles. The highest BCUT2D eigenvalue weighted by Crippen LogP contribution is 2.36. The quantitative estimate of drug-likeness (QED) is 0.868. The number of carbonyl (C=O) groups is 2. The maximum absolute atomic E-state index is 12.3. The van der Waals surface area contributed by atoms with E-state index < -0.39 is 5.97 Å². The molecule has 0 bridgehead atoms. The van der Waals surface area contributed by atoms with Crippen molar-refractivity contribution < 1.29 is 14.7 Å². The summed E-state index contributed by atoms with van der Waals surface area (Å²) in [5, 5.41) is 8.87. The maximum Gasteiger partial charge on any atom is 0.323 e. The Morgan fingerprint density at radius 3 is 2.35 bits per heavy atom. The SMILES string of the molecule is CCCN(CC(=O)O)C(=O)c1ccc(C2CCC2)cc1. The second-order valence-electron chi connectivity index (χ2n) is 5.37. The van der Waals surface area contributed by atoms with Gasteiger partial charge in [0.05, 0.1) is 0 Å². The summed E-state index contributed by atoms with van der Waals surface area (Å²) in [6, 6.07) is 7.64. The van der Waals surface area contributed by atoms with Gasteiger partial charge < -0.3 is 10.0 Å². The fourth-order valence-electron chi connectivity index (χ4n) is 2.51. The molecule has 1 aromatic rings. The first-order chi connectivity index (χ1) is 9.61. The number of hydrogen-bond donors (Lipinski definition) is 1. The van der Waals surface area contributed by atoms with Crippen LogP contribution in [0.1, 0.15) is 54.4 Å². The van der Waals surface area contributed by atoms with Gasteiger partial charge in [-0.05, 0) is 42.9 Å². The van der Waals surface area contributed by atoms with Gasteiger partial charge in [0.2, 0.25) is 0 Å². The topological polar surface area (TPSA) is 57.6 Å². The molecule has 0 saturated heterocycles. The van der Waals surface area contributed by atoms with Crippen LogP contribution < -0.4 is 0 Å². The molecule has 0 heterocycles. The van der Waals surface area contributed by atoms with Gasteiger partial charge in [-0.2, -0.15) is 0 Å². The third kappa shape index (κ3) is 3.38. The highest BCUT2D eigenvalue weighted by Gasteiger charge is 2.21. The second kappa shape index (κ2) is 6.55. The van der Waals surface area contributed by atoms with Crippen LogP contribution in [0.3, 0.4) is 0 Å². The summed E-state index contributed by atoms with van der Waals surface area (Å²) in [4.78, 5) is 24.5. The molecule has 1 aromatic carbocycles. The molecule has 1 saturated carbocycles. The Kier molecular flexibility index (Phi) is 4.77. The van der Waals surface area contributed by atoms with Crippen LogP contribution in [0.25, 0.3) is 0 Å². The van der Waals surface area contributed by atoms with Gasteiger partial charge in [-0.1, -0.05) is 25.5 Å². The molecule has 0 radical (unpaired) electrons. The van der Waals surface area contributed by atoms with Gasteiger partial charge in [0, 0.05) is 12.1 Å². The van der Waals surface area contributed by atoms with Crippen molar-refractivity contribution in [3.8, 4) is 0 Å². The molecule has 0 aromatic heterocycles. The van der Waals surface area contributed by atoms with Gasteiger partial charge in [-0.15, -0.1) is 0 Å². The van der Waals surface area contributed by atoms with Crippen LogP contribution in [-0.4, -0.2) is 35.0 Å². The van der Waals surface area contributed by atoms with Crippen molar-refractivity contribution in [3.63, 3.8) is 0 Å². The van der Waals surface area contributed by atoms with Crippen molar-refractivity contribution >= 4 is 11.9 Å². The molecular formula is C16H21NO3. The van der Waals surface area contributed by atoms with E-state index in [9.17, 15) is 9.59 Å². The fourth-order valence-corrected chi connectivity index (χ4v) is 2.51. The molecule has 2 rings (SSSR count). The number of hydrogen-bond acceptors (Lipinski definition) is 2. The first-order valence-electron chi connectivity index (χ1n) is 7.23. The number of benzene rings is 1. The monoisotopic (exact) mass is 275 g/mol. The van der Waals surface area contributed by atoms with Gasteiger partial charge in [0.15, 0.2) is 0 Å². The lowest BCUT2D eigenvalue weighted by atomic mass is 9.80. The number of rotatable bonds is 6. The summed E-state index contributed by atoms with van der Waals surface area (Å²) in [6.45, 7) is 2.16. The molecule has 0 spiro atoms. The predicted octanol–water partition coefficient (Wildman–Crippen LogP) is 2.89. The van der Waals surface area contributed by atoms with E-state index in [1.165, 1.54) is 29.7 Å². The third-order valence-electron chi connectivity index (χ3n) is 3.84. The van der Waals surface area contributed by atoms with Crippen LogP contribution in [0.4, 0.5) is 0 Å². The first kappa shape index (κ1) is 14.6. The van der Waals surface area contributed by atoms with Gasteiger partial charge in [0.25, 0.3) is 5.91 Å². The highest BCUT2D eigenvalue weighted by molar-refractivity contribution is 5.95. The van der Waals surface area contributed by atoms with Crippen molar-refractivity contribution in [2.45, 2.75) is 38.5 Å². The molecule has 4 nitrogen and oxygen atoms in total. The van der Waals surface area contributed by atoms with Crippen molar-refractivity contribution in [1.29, 1.82) is 0 Å². The van der Waals surface area contributed by atoms with Crippen LogP contribution in [0.5, 0.6) is 0 Å². The lowest BCUT2D eigenvalue weighted by molar-refractivity contribution is -0.137. The summed E-state index contributed by atoms with van der Waals surface area (Å²) in [5.41, 5.74) is 1.86. The Morgan fingerprint density at radius 1 is 1.25 bits per heavy atom. The molecule has 1 N–H and O–H groups in total. The van der Waals surface area contributed by atoms with E-state index in [0.29, 0.717) is 18.0 Å². The molecule has 1 fully saturated rings. The molecular weight excluding hydrogens is 254 g/mol. The standard InChI is InChI=1S/C16H21NO3/c1-2-10-17(11-15(18)19)16(20)14-8-6-13(7-9-14)12-4-3-5-12/h6-9,12H,2-5,10-11H2,1H3,(H,18,19). The predicted molar refractivity (Wildman–Crippen MR) is 76.9 cm³/mol. The van der Waals surface area contributed by atoms with E-state index >= 15 is 0 Å². The normalized spacial score (nSPS) is 14.7. The van der Waals surface area contributed by atoms with E-state index in [1.54, 1.807) is 0 Å². The largest absolute Gasteiger partial charge is 0.480 e. The molecule has 4 heteroatoms. The molecule has 0 unspecified atom stereocenters. The summed E-state index contributed by atoms with van der Waals surface area (Å²) in [7, 11) is 0. The van der Waals surface area contributed by atoms with Gasteiger partial charge in [-0.3, -0.25) is 9.59 Å². The minimum atomic E-state index is -0.974. The lowest BCUT2D eigenvalue weighted by Gasteiger charge is -2.26. The van der Waals surface area contributed by atoms with Crippen LogP contribution in [0.15, 0.2) is 24.3 Å². The van der Waals surface area contributed by atoms with Gasteiger partial charge >= 0.3 is 5.97 Å². The molecule has 108 valence electrons. The van der Waals surface area contributed by atoms with Crippen molar-refractivity contribution in [2.24, 2.45) is 0 Å². The van der Waals surface area contributed by atoms with Crippen LogP contribution in [0.2, 0.25) is 0 Å². The Hall–Kier alpha value is -1.84. The zero-order valence-electron chi connectivity index (χ0n) is 11.8. The van der Waals surface area contributed by atoms with E-state index in [1.807, 2.05) is 31.2 Å². The molecule has 0 atom stereocenters. The second-order valence-corrected chi connectivity index (χ2v) is 5.37. The molecule has 1 aliphatic rings. The van der Waals surface area contributed by atoms with E-state index in [2.05, 4.69) is 0 Å². The number of carboxylic acids is 1. The van der Waals surface area contributed by atoms with Crippen molar-refractivity contribution in [3.05, 3.63) is 35.4 Å². The van der Waals surface area contributed by atoms with Crippen molar-refractivity contribution in [2.75, 3.05) is 13.1 Å². The van der Waals surface area contributed by atoms with E-state index in [4.69, 9.17) is 5.11 Å². The summed E-state index contributed by atoms with van der Waals surface area (Å²) in [5.74, 6) is -0.530. The number of carbonyl (C=O) groups excluding carboxylic acids is 1. The molecule has 0 aliphatic heterocycles. The fraction of sp³-hybridized carbons (Fsp3) is 0.500. The Labute approximate surface area is 119 Å². The third-order valence-corrected chi connectivity index (χ3v) is 3.84. The summed E-state index contributed by atoms with van der Waals surface area (Å²) < 4.78 is 0. The highest BCUT2D eigenvalue weighted by atomic mass is 16.4. The Balaban J connectivity index is 2.07. The summed E-state index contributed by atoms with van der Waals surface area (Å²) >= 11 is 0. The van der Waals surface area contributed by atoms with Crippen molar-refractivity contribution in [1.82, 2.24) is 4.90 Å². The lowest BCUT2D eigenvalue weighted by Crippen LogP contribution is -2.36. The van der Waals surface area contributed by atoms with Crippen LogP contribution >= 0.6 is 0 Å². The minimum Gasteiger partial charge on any atom is -0.480 e. The van der Waals surface area contributed by atoms with Crippen LogP contribution in [0, 0.1) is 0 Å². The smallest absolute Gasteiger partial charge is 0.323 e. The molecule has 20 heavy (non-hydrogen) atoms. The average molecular weight is 275 g/mol. The zero-order valence-corrected chi connectivity index (χ0v) is 11.8. The van der Waals surface area contributed by atoms with E-state index in [-0.39, 0.29) is 12.5 Å². The first-order valence-corrected chi connectivity index (χ1v) is 7.23. The maximum atomic E-state index is 12.3. The number of carboxylic acid groups (broad SMARTS) is 1. The van der Waals surface area contributed by atoms with Gasteiger partial charge in [-0.25, -0.2) is 0 Å². The average Bonchev–Trinajstić information content (AvgIpc) is 2.36. The minimum absolute atomic E-state index is 0.200. The Bertz CT molecular complexity index is 477. The van der Waals surface area contributed by atoms with E-state index in [0.717, 1.165) is 6.42 Å². The number of amides is 1. The zero-order chi connectivity index (χ0) is 14.5.